The summed E-state index contributed by atoms with van der Waals surface area (Å²) in [4.78, 5) is 26.0. The van der Waals surface area contributed by atoms with Crippen molar-refractivity contribution in [1.82, 2.24) is 0 Å². The van der Waals surface area contributed by atoms with Gasteiger partial charge in [-0.2, -0.15) is 0 Å². The summed E-state index contributed by atoms with van der Waals surface area (Å²) in [5, 5.41) is 5.74. The summed E-state index contributed by atoms with van der Waals surface area (Å²) in [6.07, 6.45) is 6.84. The van der Waals surface area contributed by atoms with Gasteiger partial charge in [0.2, 0.25) is 11.8 Å². The van der Waals surface area contributed by atoms with Crippen molar-refractivity contribution < 1.29 is 9.59 Å². The summed E-state index contributed by atoms with van der Waals surface area (Å²) in [5.74, 6) is -0.122. The van der Waals surface area contributed by atoms with Gasteiger partial charge in [-0.1, -0.05) is 6.07 Å². The van der Waals surface area contributed by atoms with Crippen molar-refractivity contribution in [3.63, 3.8) is 0 Å². The highest BCUT2D eigenvalue weighted by Gasteiger charge is 2.15. The van der Waals surface area contributed by atoms with Gasteiger partial charge in [0, 0.05) is 43.2 Å². The van der Waals surface area contributed by atoms with Crippen molar-refractivity contribution in [2.75, 3.05) is 29.1 Å². The minimum atomic E-state index is -0.162. The molecule has 138 valence electrons. The van der Waals surface area contributed by atoms with Gasteiger partial charge in [-0.3, -0.25) is 9.59 Å². The predicted molar refractivity (Wildman–Crippen MR) is 109 cm³/mol. The Morgan fingerprint density at radius 2 is 2.00 bits per heavy atom. The van der Waals surface area contributed by atoms with Crippen LogP contribution in [0.25, 0.3) is 6.08 Å². The monoisotopic (exact) mass is 361 g/mol. The molecule has 2 aliphatic rings. The number of hydrogen-bond acceptors (Lipinski definition) is 3. The molecule has 2 aromatic rings. The number of aryl methyl sites for hydroxylation is 2. The van der Waals surface area contributed by atoms with E-state index in [1.54, 1.807) is 6.08 Å². The number of benzene rings is 2. The molecule has 2 amide bonds. The number of fused-ring (bicyclic) bond motifs is 2. The maximum absolute atomic E-state index is 12.3. The average Bonchev–Trinajstić information content (AvgIpc) is 2.66. The molecule has 0 aromatic heterocycles. The lowest BCUT2D eigenvalue weighted by atomic mass is 9.99. The minimum Gasteiger partial charge on any atom is -0.374 e. The van der Waals surface area contributed by atoms with E-state index in [-0.39, 0.29) is 11.8 Å². The van der Waals surface area contributed by atoms with Gasteiger partial charge in [-0.25, -0.2) is 0 Å². The van der Waals surface area contributed by atoms with Crippen molar-refractivity contribution in [2.24, 2.45) is 0 Å². The number of nitrogens with one attached hydrogen (secondary N) is 2. The summed E-state index contributed by atoms with van der Waals surface area (Å²) >= 11 is 0. The Morgan fingerprint density at radius 3 is 2.89 bits per heavy atom. The minimum absolute atomic E-state index is 0.0402. The molecule has 0 radical (unpaired) electrons. The molecule has 0 saturated carbocycles. The first-order valence-electron chi connectivity index (χ1n) is 9.34. The van der Waals surface area contributed by atoms with Crippen LogP contribution in [0.3, 0.4) is 0 Å². The highest BCUT2D eigenvalue weighted by molar-refractivity contribution is 6.02. The molecule has 0 unspecified atom stereocenters. The molecular weight excluding hydrogens is 338 g/mol. The van der Waals surface area contributed by atoms with Gasteiger partial charge in [0.15, 0.2) is 0 Å². The number of carbonyl (C=O) groups is 2. The van der Waals surface area contributed by atoms with E-state index in [4.69, 9.17) is 0 Å². The van der Waals surface area contributed by atoms with Crippen molar-refractivity contribution in [3.8, 4) is 0 Å². The summed E-state index contributed by atoms with van der Waals surface area (Å²) < 4.78 is 0. The molecule has 2 heterocycles. The molecule has 0 atom stereocenters. The van der Waals surface area contributed by atoms with Crippen LogP contribution in [0.2, 0.25) is 0 Å². The highest BCUT2D eigenvalue weighted by atomic mass is 16.2. The molecule has 2 N–H and O–H groups in total. The lowest BCUT2D eigenvalue weighted by molar-refractivity contribution is -0.116. The zero-order valence-electron chi connectivity index (χ0n) is 15.4. The van der Waals surface area contributed by atoms with E-state index in [0.717, 1.165) is 41.9 Å². The predicted octanol–water partition coefficient (Wildman–Crippen LogP) is 3.61. The molecule has 2 aromatic carbocycles. The Hall–Kier alpha value is -3.08. The van der Waals surface area contributed by atoms with Crippen LogP contribution in [0.4, 0.5) is 17.1 Å². The Labute approximate surface area is 159 Å². The first-order chi connectivity index (χ1) is 13.1. The van der Waals surface area contributed by atoms with Gasteiger partial charge in [-0.05, 0) is 72.4 Å². The van der Waals surface area contributed by atoms with Crippen LogP contribution < -0.4 is 15.5 Å². The molecular formula is C22H23N3O2. The number of nitrogens with zero attached hydrogens (tertiary/aromatic N) is 1. The van der Waals surface area contributed by atoms with Crippen molar-refractivity contribution in [3.05, 3.63) is 59.2 Å². The van der Waals surface area contributed by atoms with Crippen LogP contribution in [-0.4, -0.2) is 25.4 Å². The maximum Gasteiger partial charge on any atom is 0.248 e. The summed E-state index contributed by atoms with van der Waals surface area (Å²) in [6.45, 7) is 1.09. The fourth-order valence-corrected chi connectivity index (χ4v) is 3.73. The van der Waals surface area contributed by atoms with E-state index in [1.165, 1.54) is 11.3 Å². The van der Waals surface area contributed by atoms with Crippen LogP contribution in [0.5, 0.6) is 0 Å². The molecule has 0 aliphatic carbocycles. The Bertz CT molecular complexity index is 933. The van der Waals surface area contributed by atoms with E-state index in [9.17, 15) is 9.59 Å². The SMILES string of the molecule is CN1CCCc2cc(C=CC(=O)Nc3ccc4c(c3)CCC(=O)N4)ccc21. The second kappa shape index (κ2) is 7.27. The lowest BCUT2D eigenvalue weighted by Crippen LogP contribution is -2.24. The van der Waals surface area contributed by atoms with Crippen LogP contribution in [0.1, 0.15) is 29.5 Å². The quantitative estimate of drug-likeness (QED) is 0.821. The number of carbonyl (C=O) groups excluding carboxylic acids is 2. The van der Waals surface area contributed by atoms with Gasteiger partial charge in [0.05, 0.1) is 0 Å². The molecule has 0 fully saturated rings. The molecule has 4 rings (SSSR count). The smallest absolute Gasteiger partial charge is 0.248 e. The van der Waals surface area contributed by atoms with Crippen molar-refractivity contribution in [2.45, 2.75) is 25.7 Å². The molecule has 2 aliphatic heterocycles. The Morgan fingerprint density at radius 1 is 1.11 bits per heavy atom. The summed E-state index contributed by atoms with van der Waals surface area (Å²) in [5.41, 5.74) is 6.28. The van der Waals surface area contributed by atoms with Gasteiger partial charge in [0.25, 0.3) is 0 Å². The van der Waals surface area contributed by atoms with Gasteiger partial charge < -0.3 is 15.5 Å². The fraction of sp³-hybridized carbons (Fsp3) is 0.273. The molecule has 27 heavy (non-hydrogen) atoms. The van der Waals surface area contributed by atoms with E-state index in [1.807, 2.05) is 30.3 Å². The zero-order chi connectivity index (χ0) is 18.8. The van der Waals surface area contributed by atoms with Gasteiger partial charge in [0.1, 0.15) is 0 Å². The number of amides is 2. The number of anilines is 3. The van der Waals surface area contributed by atoms with Gasteiger partial charge in [-0.15, -0.1) is 0 Å². The number of rotatable bonds is 3. The maximum atomic E-state index is 12.3. The molecule has 5 nitrogen and oxygen atoms in total. The Balaban J connectivity index is 1.43. The highest BCUT2D eigenvalue weighted by Crippen LogP contribution is 2.27. The average molecular weight is 361 g/mol. The molecule has 5 heteroatoms. The molecule has 0 spiro atoms. The third-order valence-electron chi connectivity index (χ3n) is 5.15. The lowest BCUT2D eigenvalue weighted by Gasteiger charge is -2.27. The Kier molecular flexibility index (Phi) is 4.67. The van der Waals surface area contributed by atoms with Crippen LogP contribution in [0, 0.1) is 0 Å². The van der Waals surface area contributed by atoms with E-state index < -0.39 is 0 Å². The van der Waals surface area contributed by atoms with E-state index >= 15 is 0 Å². The normalized spacial score (nSPS) is 15.9. The number of hydrogen-bond donors (Lipinski definition) is 2. The van der Waals surface area contributed by atoms with Crippen molar-refractivity contribution in [1.29, 1.82) is 0 Å². The largest absolute Gasteiger partial charge is 0.374 e. The van der Waals surface area contributed by atoms with Crippen LogP contribution >= 0.6 is 0 Å². The van der Waals surface area contributed by atoms with Gasteiger partial charge >= 0.3 is 0 Å². The second-order valence-electron chi connectivity index (χ2n) is 7.16. The van der Waals surface area contributed by atoms with E-state index in [0.29, 0.717) is 12.8 Å². The third kappa shape index (κ3) is 3.87. The second-order valence-corrected chi connectivity index (χ2v) is 7.16. The standard InChI is InChI=1S/C22H23N3O2/c1-25-12-2-3-17-13-15(4-9-20(17)25)5-10-21(26)23-18-7-8-19-16(14-18)6-11-22(27)24-19/h4-5,7-10,13-14H,2-3,6,11-12H2,1H3,(H,23,26)(H,24,27). The van der Waals surface area contributed by atoms with E-state index in [2.05, 4.69) is 34.7 Å². The van der Waals surface area contributed by atoms with Crippen LogP contribution in [0.15, 0.2) is 42.5 Å². The third-order valence-corrected chi connectivity index (χ3v) is 5.15. The summed E-state index contributed by atoms with van der Waals surface area (Å²) in [6, 6.07) is 11.9. The first-order valence-corrected chi connectivity index (χ1v) is 9.34. The zero-order valence-corrected chi connectivity index (χ0v) is 15.4. The van der Waals surface area contributed by atoms with Crippen LogP contribution in [-0.2, 0) is 22.4 Å². The topological polar surface area (TPSA) is 61.4 Å². The summed E-state index contributed by atoms with van der Waals surface area (Å²) in [7, 11) is 2.12. The fourth-order valence-electron chi connectivity index (χ4n) is 3.73. The van der Waals surface area contributed by atoms with Crippen molar-refractivity contribution >= 4 is 35.0 Å². The molecule has 0 bridgehead atoms. The first kappa shape index (κ1) is 17.3. The molecule has 0 saturated heterocycles.